The molecule has 0 radical (unpaired) electrons. The van der Waals surface area contributed by atoms with Gasteiger partial charge in [0.05, 0.1) is 17.9 Å². The van der Waals surface area contributed by atoms with Gasteiger partial charge in [0.15, 0.2) is 0 Å². The molecule has 0 unspecified atom stereocenters. The van der Waals surface area contributed by atoms with Gasteiger partial charge in [-0.25, -0.2) is 0 Å². The second-order valence-electron chi connectivity index (χ2n) is 4.73. The lowest BCUT2D eigenvalue weighted by Gasteiger charge is -2.21. The lowest BCUT2D eigenvalue weighted by atomic mass is 10.1. The van der Waals surface area contributed by atoms with Gasteiger partial charge in [0.1, 0.15) is 0 Å². The largest absolute Gasteiger partial charge is 0.307 e. The molecule has 2 rings (SSSR count). The number of pyridine rings is 1. The van der Waals surface area contributed by atoms with Crippen molar-refractivity contribution < 1.29 is 0 Å². The molecular formula is C14H20N4. The third-order valence-electron chi connectivity index (χ3n) is 3.20. The summed E-state index contributed by atoms with van der Waals surface area (Å²) in [5, 5.41) is 7.84. The topological polar surface area (TPSA) is 42.7 Å². The number of nitrogens with one attached hydrogen (secondary N) is 1. The fourth-order valence-electron chi connectivity index (χ4n) is 1.82. The van der Waals surface area contributed by atoms with E-state index in [1.54, 1.807) is 0 Å². The molecule has 0 bridgehead atoms. The Labute approximate surface area is 108 Å². The van der Waals surface area contributed by atoms with Crippen molar-refractivity contribution in [3.05, 3.63) is 48.0 Å². The second-order valence-corrected chi connectivity index (χ2v) is 4.73. The smallest absolute Gasteiger partial charge is 0.0641 e. The van der Waals surface area contributed by atoms with Crippen molar-refractivity contribution >= 4 is 0 Å². The molecule has 0 aliphatic rings. The molecule has 0 aliphatic carbocycles. The molecule has 0 spiro atoms. The molecule has 1 N–H and O–H groups in total. The molecule has 4 nitrogen and oxygen atoms in total. The number of rotatable bonds is 5. The predicted octanol–water partition coefficient (Wildman–Crippen LogP) is 2.33. The molecule has 2 aromatic heterocycles. The molecule has 0 amide bonds. The summed E-state index contributed by atoms with van der Waals surface area (Å²) in [6, 6.07) is 6.63. The van der Waals surface area contributed by atoms with E-state index in [2.05, 4.69) is 42.4 Å². The first-order valence-corrected chi connectivity index (χ1v) is 6.31. The van der Waals surface area contributed by atoms with Crippen molar-refractivity contribution in [1.29, 1.82) is 0 Å². The summed E-state index contributed by atoms with van der Waals surface area (Å²) in [6.07, 6.45) is 5.79. The fourth-order valence-corrected chi connectivity index (χ4v) is 1.82. The molecule has 0 saturated carbocycles. The molecule has 0 aliphatic heterocycles. The average molecular weight is 244 g/mol. The van der Waals surface area contributed by atoms with Gasteiger partial charge in [-0.15, -0.1) is 0 Å². The van der Waals surface area contributed by atoms with E-state index in [-0.39, 0.29) is 0 Å². The summed E-state index contributed by atoms with van der Waals surface area (Å²) in [6.45, 7) is 7.18. The lowest BCUT2D eigenvalue weighted by molar-refractivity contribution is 0.363. The Bertz CT molecular complexity index is 478. The highest BCUT2D eigenvalue weighted by molar-refractivity contribution is 5.04. The molecule has 0 saturated heterocycles. The normalized spacial score (nSPS) is 14.4. The van der Waals surface area contributed by atoms with Crippen LogP contribution in [-0.4, -0.2) is 20.8 Å². The summed E-state index contributed by atoms with van der Waals surface area (Å²) in [5.74, 6) is 0. The minimum atomic E-state index is 0.322. The minimum absolute atomic E-state index is 0.322. The van der Waals surface area contributed by atoms with E-state index in [1.807, 2.05) is 35.3 Å². The maximum Gasteiger partial charge on any atom is 0.0641 e. The quantitative estimate of drug-likeness (QED) is 0.877. The molecule has 2 atom stereocenters. The van der Waals surface area contributed by atoms with Crippen LogP contribution in [0.2, 0.25) is 0 Å². The zero-order chi connectivity index (χ0) is 13.0. The maximum absolute atomic E-state index is 4.35. The Balaban J connectivity index is 1.90. The Kier molecular flexibility index (Phi) is 4.10. The van der Waals surface area contributed by atoms with Crippen molar-refractivity contribution in [1.82, 2.24) is 20.1 Å². The van der Waals surface area contributed by atoms with E-state index < -0.39 is 0 Å². The number of aryl methyl sites for hydroxylation is 1. The Hall–Kier alpha value is -1.68. The van der Waals surface area contributed by atoms with Crippen molar-refractivity contribution in [3.63, 3.8) is 0 Å². The third-order valence-corrected chi connectivity index (χ3v) is 3.20. The van der Waals surface area contributed by atoms with Crippen LogP contribution in [0.25, 0.3) is 0 Å². The highest BCUT2D eigenvalue weighted by Gasteiger charge is 2.14. The first-order chi connectivity index (χ1) is 8.66. The van der Waals surface area contributed by atoms with Gasteiger partial charge in [-0.1, -0.05) is 6.07 Å². The van der Waals surface area contributed by atoms with Gasteiger partial charge < -0.3 is 5.32 Å². The van der Waals surface area contributed by atoms with Gasteiger partial charge in [-0.05, 0) is 38.5 Å². The predicted molar refractivity (Wildman–Crippen MR) is 72.2 cm³/mol. The lowest BCUT2D eigenvalue weighted by Crippen LogP contribution is -2.33. The first-order valence-electron chi connectivity index (χ1n) is 6.31. The van der Waals surface area contributed by atoms with Crippen molar-refractivity contribution in [2.75, 3.05) is 0 Å². The molecule has 18 heavy (non-hydrogen) atoms. The van der Waals surface area contributed by atoms with Crippen LogP contribution in [0.3, 0.4) is 0 Å². The molecular weight excluding hydrogens is 224 g/mol. The Morgan fingerprint density at radius 1 is 1.33 bits per heavy atom. The van der Waals surface area contributed by atoms with Gasteiger partial charge in [0.2, 0.25) is 0 Å². The number of nitrogens with zero attached hydrogens (tertiary/aromatic N) is 3. The van der Waals surface area contributed by atoms with E-state index in [9.17, 15) is 0 Å². The number of aromatic nitrogens is 3. The van der Waals surface area contributed by atoms with Gasteiger partial charge in [0.25, 0.3) is 0 Å². The van der Waals surface area contributed by atoms with Crippen LogP contribution >= 0.6 is 0 Å². The van der Waals surface area contributed by atoms with Gasteiger partial charge >= 0.3 is 0 Å². The highest BCUT2D eigenvalue weighted by Crippen LogP contribution is 2.11. The van der Waals surface area contributed by atoms with Crippen LogP contribution in [0.5, 0.6) is 0 Å². The number of hydrogen-bond donors (Lipinski definition) is 1. The van der Waals surface area contributed by atoms with Crippen LogP contribution in [0.15, 0.2) is 36.8 Å². The maximum atomic E-state index is 4.35. The first kappa shape index (κ1) is 12.8. The molecule has 0 fully saturated rings. The van der Waals surface area contributed by atoms with Crippen LogP contribution in [0.4, 0.5) is 0 Å². The zero-order valence-corrected chi connectivity index (χ0v) is 11.2. The van der Waals surface area contributed by atoms with E-state index in [4.69, 9.17) is 0 Å². The van der Waals surface area contributed by atoms with E-state index in [0.29, 0.717) is 12.1 Å². The van der Waals surface area contributed by atoms with Crippen LogP contribution in [0, 0.1) is 6.92 Å². The molecule has 4 heteroatoms. The van der Waals surface area contributed by atoms with Crippen LogP contribution in [-0.2, 0) is 6.54 Å². The summed E-state index contributed by atoms with van der Waals surface area (Å²) in [4.78, 5) is 4.30. The average Bonchev–Trinajstić information content (AvgIpc) is 2.83. The van der Waals surface area contributed by atoms with E-state index in [1.165, 1.54) is 5.56 Å². The Morgan fingerprint density at radius 2 is 2.17 bits per heavy atom. The van der Waals surface area contributed by atoms with Crippen molar-refractivity contribution in [2.24, 2.45) is 0 Å². The zero-order valence-electron chi connectivity index (χ0n) is 11.2. The number of hydrogen-bond acceptors (Lipinski definition) is 3. The standard InChI is InChI=1S/C14H20N4/c1-11-8-17-18(10-11)13(3)12(2)16-9-14-6-4-5-7-15-14/h4-8,10,12-13,16H,9H2,1-3H3/t12-,13+/m0/s1. The van der Waals surface area contributed by atoms with Gasteiger partial charge in [-0.2, -0.15) is 5.10 Å². The summed E-state index contributed by atoms with van der Waals surface area (Å²) in [5.41, 5.74) is 2.26. The van der Waals surface area contributed by atoms with Gasteiger partial charge in [0, 0.05) is 25.0 Å². The molecule has 96 valence electrons. The second kappa shape index (κ2) is 5.78. The molecule has 0 aromatic carbocycles. The van der Waals surface area contributed by atoms with Crippen LogP contribution in [0.1, 0.15) is 31.1 Å². The van der Waals surface area contributed by atoms with Crippen LogP contribution < -0.4 is 5.32 Å². The van der Waals surface area contributed by atoms with E-state index in [0.717, 1.165) is 12.2 Å². The fraction of sp³-hybridized carbons (Fsp3) is 0.429. The van der Waals surface area contributed by atoms with E-state index >= 15 is 0 Å². The minimum Gasteiger partial charge on any atom is -0.307 e. The van der Waals surface area contributed by atoms with Crippen molar-refractivity contribution in [2.45, 2.75) is 39.4 Å². The third kappa shape index (κ3) is 3.17. The van der Waals surface area contributed by atoms with Gasteiger partial charge in [-0.3, -0.25) is 9.67 Å². The van der Waals surface area contributed by atoms with Crippen molar-refractivity contribution in [3.8, 4) is 0 Å². The SMILES string of the molecule is Cc1cnn([C@H](C)[C@H](C)NCc2ccccn2)c1. The summed E-state index contributed by atoms with van der Waals surface area (Å²) in [7, 11) is 0. The monoisotopic (exact) mass is 244 g/mol. The highest BCUT2D eigenvalue weighted by atomic mass is 15.3. The summed E-state index contributed by atoms with van der Waals surface area (Å²) >= 11 is 0. The summed E-state index contributed by atoms with van der Waals surface area (Å²) < 4.78 is 2.01. The molecule has 2 aromatic rings. The Morgan fingerprint density at radius 3 is 2.78 bits per heavy atom. The molecule has 2 heterocycles.